The molecule has 0 radical (unpaired) electrons. The van der Waals surface area contributed by atoms with E-state index in [1.54, 1.807) is 11.8 Å². The van der Waals surface area contributed by atoms with Crippen LogP contribution >= 0.6 is 18.9 Å². The lowest BCUT2D eigenvalue weighted by Crippen LogP contribution is -2.50. The Kier molecular flexibility index (Phi) is 9.44. The van der Waals surface area contributed by atoms with Gasteiger partial charge in [-0.15, -0.1) is 11.8 Å². The molecule has 0 bridgehead atoms. The van der Waals surface area contributed by atoms with Crippen LogP contribution in [0.4, 0.5) is 0 Å². The first-order valence-electron chi connectivity index (χ1n) is 12.1. The maximum atomic E-state index is 15.3. The van der Waals surface area contributed by atoms with Crippen LogP contribution in [0.3, 0.4) is 0 Å². The number of rotatable bonds is 12. The zero-order valence-electron chi connectivity index (χ0n) is 20.1. The van der Waals surface area contributed by atoms with Gasteiger partial charge in [-0.1, -0.05) is 112 Å². The van der Waals surface area contributed by atoms with Crippen LogP contribution in [0.5, 0.6) is 0 Å². The third kappa shape index (κ3) is 6.01. The van der Waals surface area contributed by atoms with Crippen LogP contribution < -0.4 is 10.6 Å². The standard InChI is InChI=1S/C29H37O2PS/c1-4-6-10-23-27(29(3,30)28(5-2)33-26-21-15-9-16-22-26)32(31,24-17-11-7-12-18-24)25-19-13-8-14-20-25/h7-9,11-22,27-28,30H,4-6,10,23H2,1-3H3/t27-,28-,29+/m0/s1. The van der Waals surface area contributed by atoms with Gasteiger partial charge in [-0.05, 0) is 31.9 Å². The van der Waals surface area contributed by atoms with Crippen LogP contribution in [-0.2, 0) is 4.57 Å². The average molecular weight is 481 g/mol. The molecule has 0 fully saturated rings. The molecule has 3 aromatic rings. The largest absolute Gasteiger partial charge is 0.388 e. The molecule has 0 aliphatic heterocycles. The van der Waals surface area contributed by atoms with Crippen molar-refractivity contribution in [3.63, 3.8) is 0 Å². The molecule has 0 amide bonds. The summed E-state index contributed by atoms with van der Waals surface area (Å²) in [5, 5.41) is 13.8. The van der Waals surface area contributed by atoms with E-state index in [2.05, 4.69) is 26.0 Å². The van der Waals surface area contributed by atoms with Gasteiger partial charge in [0.2, 0.25) is 0 Å². The fraction of sp³-hybridized carbons (Fsp3) is 0.379. The van der Waals surface area contributed by atoms with E-state index in [-0.39, 0.29) is 10.9 Å². The summed E-state index contributed by atoms with van der Waals surface area (Å²) in [7, 11) is -3.13. The third-order valence-corrected chi connectivity index (χ3v) is 11.9. The Labute approximate surface area is 204 Å². The average Bonchev–Trinajstić information content (AvgIpc) is 2.86. The summed E-state index contributed by atoms with van der Waals surface area (Å²) in [6.45, 7) is 6.22. The molecule has 0 aromatic heterocycles. The minimum atomic E-state index is -3.13. The molecular formula is C29H37O2PS. The summed E-state index contributed by atoms with van der Waals surface area (Å²) < 4.78 is 15.3. The first-order valence-corrected chi connectivity index (χ1v) is 14.7. The van der Waals surface area contributed by atoms with Crippen molar-refractivity contribution in [2.24, 2.45) is 0 Å². The van der Waals surface area contributed by atoms with Gasteiger partial charge in [0, 0.05) is 26.4 Å². The Morgan fingerprint density at radius 1 is 0.818 bits per heavy atom. The van der Waals surface area contributed by atoms with Crippen molar-refractivity contribution in [3.8, 4) is 0 Å². The zero-order valence-corrected chi connectivity index (χ0v) is 21.8. The molecular weight excluding hydrogens is 443 g/mol. The first-order chi connectivity index (χ1) is 15.9. The number of benzene rings is 3. The number of thioether (sulfide) groups is 1. The molecule has 4 heteroatoms. The highest BCUT2D eigenvalue weighted by molar-refractivity contribution is 8.00. The van der Waals surface area contributed by atoms with Gasteiger partial charge in [0.1, 0.15) is 7.14 Å². The van der Waals surface area contributed by atoms with Crippen molar-refractivity contribution in [2.45, 2.75) is 74.3 Å². The van der Waals surface area contributed by atoms with Gasteiger partial charge < -0.3 is 9.67 Å². The van der Waals surface area contributed by atoms with E-state index in [1.807, 2.05) is 85.8 Å². The Morgan fingerprint density at radius 3 is 1.76 bits per heavy atom. The summed E-state index contributed by atoms with van der Waals surface area (Å²) in [5.74, 6) is 0. The number of hydrogen-bond donors (Lipinski definition) is 1. The molecule has 33 heavy (non-hydrogen) atoms. The lowest BCUT2D eigenvalue weighted by molar-refractivity contribution is 0.0483. The number of aliphatic hydroxyl groups is 1. The normalized spacial score (nSPS) is 15.5. The molecule has 3 aromatic carbocycles. The maximum Gasteiger partial charge on any atom is 0.149 e. The van der Waals surface area contributed by atoms with E-state index in [9.17, 15) is 5.11 Å². The van der Waals surface area contributed by atoms with Gasteiger partial charge in [-0.3, -0.25) is 0 Å². The van der Waals surface area contributed by atoms with Gasteiger partial charge in [-0.25, -0.2) is 0 Å². The Morgan fingerprint density at radius 2 is 1.30 bits per heavy atom. The predicted octanol–water partition coefficient (Wildman–Crippen LogP) is 7.27. The summed E-state index contributed by atoms with van der Waals surface area (Å²) in [5.41, 5.74) is -1.49. The first kappa shape index (κ1) is 25.8. The molecule has 0 saturated heterocycles. The van der Waals surface area contributed by atoms with E-state index in [0.29, 0.717) is 0 Å². The smallest absolute Gasteiger partial charge is 0.149 e. The summed E-state index contributed by atoms with van der Waals surface area (Å²) in [6, 6.07) is 29.9. The number of hydrogen-bond acceptors (Lipinski definition) is 3. The van der Waals surface area contributed by atoms with Crippen molar-refractivity contribution < 1.29 is 9.67 Å². The topological polar surface area (TPSA) is 37.3 Å². The Balaban J connectivity index is 2.12. The summed E-state index contributed by atoms with van der Waals surface area (Å²) in [6.07, 6.45) is 4.63. The SMILES string of the molecule is CCCCC[C@@H]([C@@](C)(O)[C@H](CC)Sc1ccccc1)P(=O)(c1ccccc1)c1ccccc1. The van der Waals surface area contributed by atoms with Crippen molar-refractivity contribution in [3.05, 3.63) is 91.0 Å². The molecule has 1 N–H and O–H groups in total. The second-order valence-corrected chi connectivity index (χ2v) is 13.1. The molecule has 3 rings (SSSR count). The van der Waals surface area contributed by atoms with Crippen LogP contribution in [-0.4, -0.2) is 21.6 Å². The van der Waals surface area contributed by atoms with E-state index in [1.165, 1.54) is 0 Å². The monoisotopic (exact) mass is 480 g/mol. The van der Waals surface area contributed by atoms with Gasteiger partial charge in [0.05, 0.1) is 5.60 Å². The van der Waals surface area contributed by atoms with Crippen molar-refractivity contribution in [1.82, 2.24) is 0 Å². The minimum Gasteiger partial charge on any atom is -0.388 e. The molecule has 0 aliphatic rings. The minimum absolute atomic E-state index is 0.0766. The molecule has 0 aliphatic carbocycles. The summed E-state index contributed by atoms with van der Waals surface area (Å²) in [4.78, 5) is 1.13. The maximum absolute atomic E-state index is 15.3. The molecule has 176 valence electrons. The van der Waals surface area contributed by atoms with E-state index in [4.69, 9.17) is 0 Å². The molecule has 3 atom stereocenters. The molecule has 2 nitrogen and oxygen atoms in total. The van der Waals surface area contributed by atoms with Gasteiger partial charge in [-0.2, -0.15) is 0 Å². The lowest BCUT2D eigenvalue weighted by Gasteiger charge is -2.43. The highest BCUT2D eigenvalue weighted by Gasteiger charge is 2.50. The summed E-state index contributed by atoms with van der Waals surface area (Å²) >= 11 is 1.70. The molecule has 0 heterocycles. The van der Waals surface area contributed by atoms with Crippen molar-refractivity contribution in [2.75, 3.05) is 0 Å². The highest BCUT2D eigenvalue weighted by Crippen LogP contribution is 2.56. The van der Waals surface area contributed by atoms with Crippen molar-refractivity contribution >= 4 is 29.5 Å². The highest BCUT2D eigenvalue weighted by atomic mass is 32.2. The van der Waals surface area contributed by atoms with Crippen molar-refractivity contribution in [1.29, 1.82) is 0 Å². The Hall–Kier alpha value is -1.80. The fourth-order valence-corrected chi connectivity index (χ4v) is 9.75. The van der Waals surface area contributed by atoms with Crippen LogP contribution in [0.25, 0.3) is 0 Å². The second kappa shape index (κ2) is 12.1. The van der Waals surface area contributed by atoms with E-state index < -0.39 is 12.7 Å². The van der Waals surface area contributed by atoms with E-state index in [0.717, 1.165) is 47.6 Å². The van der Waals surface area contributed by atoms with Crippen LogP contribution in [0.1, 0.15) is 52.9 Å². The van der Waals surface area contributed by atoms with Crippen LogP contribution in [0, 0.1) is 0 Å². The zero-order chi connectivity index (χ0) is 23.7. The Bertz CT molecular complexity index is 962. The van der Waals surface area contributed by atoms with Gasteiger partial charge in [0.25, 0.3) is 0 Å². The van der Waals surface area contributed by atoms with Gasteiger partial charge >= 0.3 is 0 Å². The second-order valence-electron chi connectivity index (χ2n) is 8.89. The molecule has 0 unspecified atom stereocenters. The predicted molar refractivity (Wildman–Crippen MR) is 145 cm³/mol. The van der Waals surface area contributed by atoms with Gasteiger partial charge in [0.15, 0.2) is 0 Å². The molecule has 0 saturated carbocycles. The molecule has 0 spiro atoms. The lowest BCUT2D eigenvalue weighted by atomic mass is 9.92. The van der Waals surface area contributed by atoms with Crippen LogP contribution in [0.15, 0.2) is 95.9 Å². The van der Waals surface area contributed by atoms with E-state index >= 15 is 4.57 Å². The third-order valence-electron chi connectivity index (χ3n) is 6.52. The van der Waals surface area contributed by atoms with Crippen LogP contribution in [0.2, 0.25) is 0 Å². The number of unbranched alkanes of at least 4 members (excludes halogenated alkanes) is 2. The quantitative estimate of drug-likeness (QED) is 0.168. The fourth-order valence-electron chi connectivity index (χ4n) is 4.73.